The molecule has 0 bridgehead atoms. The number of likely N-dealkylation sites (N-methyl/N-ethyl adjacent to an activating group) is 1. The molecule has 0 fully saturated rings. The van der Waals surface area contributed by atoms with Crippen LogP contribution in [-0.4, -0.2) is 34.7 Å². The summed E-state index contributed by atoms with van der Waals surface area (Å²) in [5, 5.41) is 9.51. The minimum atomic E-state index is -0.408. The summed E-state index contributed by atoms with van der Waals surface area (Å²) >= 11 is 0. The summed E-state index contributed by atoms with van der Waals surface area (Å²) in [6.45, 7) is 2.21. The molecule has 1 aliphatic rings. The molecular formula is C17H19FN4O2. The van der Waals surface area contributed by atoms with Gasteiger partial charge >= 0.3 is 0 Å². The Bertz CT molecular complexity index is 785. The van der Waals surface area contributed by atoms with Gasteiger partial charge in [-0.15, -0.1) is 0 Å². The van der Waals surface area contributed by atoms with Gasteiger partial charge in [0.05, 0.1) is 6.54 Å². The fourth-order valence-electron chi connectivity index (χ4n) is 2.95. The number of nitrogens with zero attached hydrogens (tertiary/aromatic N) is 2. The predicted molar refractivity (Wildman–Crippen MR) is 86.6 cm³/mol. The van der Waals surface area contributed by atoms with Gasteiger partial charge in [0.1, 0.15) is 11.5 Å². The van der Waals surface area contributed by atoms with E-state index in [2.05, 4.69) is 15.7 Å². The molecule has 2 aromatic rings. The van der Waals surface area contributed by atoms with Crippen molar-refractivity contribution in [3.05, 3.63) is 47.0 Å². The van der Waals surface area contributed by atoms with Gasteiger partial charge in [0, 0.05) is 17.8 Å². The number of para-hydroxylation sites is 1. The molecule has 0 saturated heterocycles. The Hall–Kier alpha value is -2.70. The smallest absolute Gasteiger partial charge is 0.272 e. The van der Waals surface area contributed by atoms with Crippen LogP contribution in [0.25, 0.3) is 5.69 Å². The third kappa shape index (κ3) is 3.02. The topological polar surface area (TPSA) is 76.0 Å². The number of nitrogens with one attached hydrogen (secondary N) is 2. The average Bonchev–Trinajstić information content (AvgIpc) is 3.16. The molecule has 1 aromatic heterocycles. The lowest BCUT2D eigenvalue weighted by atomic mass is 10.2. The second-order valence-corrected chi connectivity index (χ2v) is 5.63. The van der Waals surface area contributed by atoms with Crippen molar-refractivity contribution in [1.82, 2.24) is 20.4 Å². The molecule has 6 nitrogen and oxygen atoms in total. The number of fused-ring (bicyclic) bond motifs is 1. The second kappa shape index (κ2) is 6.82. The number of amides is 2. The molecule has 7 heteroatoms. The van der Waals surface area contributed by atoms with E-state index in [1.165, 1.54) is 10.7 Å². The Labute approximate surface area is 139 Å². The van der Waals surface area contributed by atoms with Gasteiger partial charge in [0.2, 0.25) is 5.91 Å². The quantitative estimate of drug-likeness (QED) is 0.869. The van der Waals surface area contributed by atoms with Crippen LogP contribution < -0.4 is 10.6 Å². The molecule has 0 aliphatic heterocycles. The van der Waals surface area contributed by atoms with Gasteiger partial charge in [0.15, 0.2) is 5.69 Å². The minimum absolute atomic E-state index is 0.103. The Morgan fingerprint density at radius 3 is 2.79 bits per heavy atom. The van der Waals surface area contributed by atoms with E-state index < -0.39 is 5.91 Å². The Kier molecular flexibility index (Phi) is 4.59. The van der Waals surface area contributed by atoms with Crippen LogP contribution in [0.15, 0.2) is 24.3 Å². The summed E-state index contributed by atoms with van der Waals surface area (Å²) in [5.74, 6) is -1.05. The van der Waals surface area contributed by atoms with Gasteiger partial charge in [-0.05, 0) is 38.3 Å². The molecule has 3 rings (SSSR count). The van der Waals surface area contributed by atoms with Crippen LogP contribution in [0.3, 0.4) is 0 Å². The molecule has 24 heavy (non-hydrogen) atoms. The van der Waals surface area contributed by atoms with Crippen molar-refractivity contribution in [2.45, 2.75) is 26.2 Å². The second-order valence-electron chi connectivity index (χ2n) is 5.63. The number of rotatable bonds is 5. The number of carbonyl (C=O) groups excluding carboxylic acids is 2. The van der Waals surface area contributed by atoms with E-state index >= 15 is 0 Å². The first-order valence-corrected chi connectivity index (χ1v) is 8.02. The van der Waals surface area contributed by atoms with E-state index in [0.717, 1.165) is 30.5 Å². The lowest BCUT2D eigenvalue weighted by Gasteiger charge is -2.06. The summed E-state index contributed by atoms with van der Waals surface area (Å²) in [6, 6.07) is 6.35. The van der Waals surface area contributed by atoms with Crippen molar-refractivity contribution >= 4 is 11.8 Å². The molecule has 0 saturated carbocycles. The molecular weight excluding hydrogens is 311 g/mol. The van der Waals surface area contributed by atoms with Crippen molar-refractivity contribution in [1.29, 1.82) is 0 Å². The zero-order valence-electron chi connectivity index (χ0n) is 13.4. The summed E-state index contributed by atoms with van der Waals surface area (Å²) in [4.78, 5) is 23.9. The zero-order chi connectivity index (χ0) is 17.1. The molecule has 2 N–H and O–H groups in total. The Morgan fingerprint density at radius 2 is 2.04 bits per heavy atom. The standard InChI is InChI=1S/C17H19FN4O2/c1-2-19-15(23)10-20-17(24)16-11-6-5-9-13(11)22(21-16)14-8-4-3-7-12(14)18/h3-4,7-8H,2,5-6,9-10H2,1H3,(H,19,23)(H,20,24). The van der Waals surface area contributed by atoms with Crippen molar-refractivity contribution in [3.63, 3.8) is 0 Å². The molecule has 2 amide bonds. The third-order valence-corrected chi connectivity index (χ3v) is 4.01. The maximum Gasteiger partial charge on any atom is 0.272 e. The van der Waals surface area contributed by atoms with Crippen LogP contribution in [0.5, 0.6) is 0 Å². The monoisotopic (exact) mass is 330 g/mol. The number of carbonyl (C=O) groups is 2. The highest BCUT2D eigenvalue weighted by molar-refractivity contribution is 5.96. The molecule has 126 valence electrons. The number of halogens is 1. The van der Waals surface area contributed by atoms with Crippen molar-refractivity contribution < 1.29 is 14.0 Å². The van der Waals surface area contributed by atoms with Crippen LogP contribution in [0.4, 0.5) is 4.39 Å². The first-order chi connectivity index (χ1) is 11.6. The maximum absolute atomic E-state index is 14.1. The lowest BCUT2D eigenvalue weighted by Crippen LogP contribution is -2.37. The van der Waals surface area contributed by atoms with Gasteiger partial charge in [-0.25, -0.2) is 9.07 Å². The van der Waals surface area contributed by atoms with Crippen molar-refractivity contribution in [2.75, 3.05) is 13.1 Å². The Morgan fingerprint density at radius 1 is 1.25 bits per heavy atom. The Balaban J connectivity index is 1.88. The molecule has 0 radical (unpaired) electrons. The van der Waals surface area contributed by atoms with Gasteiger partial charge in [-0.3, -0.25) is 9.59 Å². The third-order valence-electron chi connectivity index (χ3n) is 4.01. The minimum Gasteiger partial charge on any atom is -0.355 e. The predicted octanol–water partition coefficient (Wildman–Crippen LogP) is 1.37. The van der Waals surface area contributed by atoms with Crippen molar-refractivity contribution in [3.8, 4) is 5.69 Å². The summed E-state index contributed by atoms with van der Waals surface area (Å²) < 4.78 is 15.6. The number of hydrogen-bond acceptors (Lipinski definition) is 3. The summed E-state index contributed by atoms with van der Waals surface area (Å²) in [7, 11) is 0. The average molecular weight is 330 g/mol. The van der Waals surface area contributed by atoms with E-state index in [1.807, 2.05) is 6.92 Å². The molecule has 0 unspecified atom stereocenters. The van der Waals surface area contributed by atoms with E-state index in [1.54, 1.807) is 18.2 Å². The molecule has 0 atom stereocenters. The fraction of sp³-hybridized carbons (Fsp3) is 0.353. The van der Waals surface area contributed by atoms with E-state index in [9.17, 15) is 14.0 Å². The summed E-state index contributed by atoms with van der Waals surface area (Å²) in [6.07, 6.45) is 2.38. The van der Waals surface area contributed by atoms with Crippen LogP contribution in [0.1, 0.15) is 35.1 Å². The van der Waals surface area contributed by atoms with E-state index in [-0.39, 0.29) is 24.0 Å². The van der Waals surface area contributed by atoms with Crippen LogP contribution in [0, 0.1) is 5.82 Å². The largest absolute Gasteiger partial charge is 0.355 e. The highest BCUT2D eigenvalue weighted by Gasteiger charge is 2.27. The van der Waals surface area contributed by atoms with Gasteiger partial charge < -0.3 is 10.6 Å². The molecule has 1 aliphatic carbocycles. The molecule has 1 aromatic carbocycles. The number of benzene rings is 1. The lowest BCUT2D eigenvalue weighted by molar-refractivity contribution is -0.120. The van der Waals surface area contributed by atoms with Gasteiger partial charge in [-0.2, -0.15) is 5.10 Å². The number of hydrogen-bond donors (Lipinski definition) is 2. The van der Waals surface area contributed by atoms with E-state index in [0.29, 0.717) is 12.2 Å². The highest BCUT2D eigenvalue weighted by atomic mass is 19.1. The normalized spacial score (nSPS) is 12.8. The highest BCUT2D eigenvalue weighted by Crippen LogP contribution is 2.28. The van der Waals surface area contributed by atoms with Gasteiger partial charge in [0.25, 0.3) is 5.91 Å². The molecule has 1 heterocycles. The zero-order valence-corrected chi connectivity index (χ0v) is 13.4. The molecule has 0 spiro atoms. The van der Waals surface area contributed by atoms with E-state index in [4.69, 9.17) is 0 Å². The van der Waals surface area contributed by atoms with Crippen molar-refractivity contribution in [2.24, 2.45) is 0 Å². The summed E-state index contributed by atoms with van der Waals surface area (Å²) in [5.41, 5.74) is 2.31. The number of aromatic nitrogens is 2. The first-order valence-electron chi connectivity index (χ1n) is 8.02. The fourth-order valence-corrected chi connectivity index (χ4v) is 2.95. The van der Waals surface area contributed by atoms with Crippen LogP contribution >= 0.6 is 0 Å². The SMILES string of the molecule is CCNC(=O)CNC(=O)c1nn(-c2ccccc2F)c2c1CCC2. The maximum atomic E-state index is 14.1. The van der Waals surface area contributed by atoms with Gasteiger partial charge in [-0.1, -0.05) is 12.1 Å². The van der Waals surface area contributed by atoms with Crippen LogP contribution in [0.2, 0.25) is 0 Å². The van der Waals surface area contributed by atoms with Crippen LogP contribution in [-0.2, 0) is 17.6 Å². The first kappa shape index (κ1) is 16.2.